The molecule has 1 heterocycles. The van der Waals surface area contributed by atoms with E-state index in [4.69, 9.17) is 0 Å². The van der Waals surface area contributed by atoms with Crippen molar-refractivity contribution < 1.29 is 14.7 Å². The van der Waals surface area contributed by atoms with E-state index in [1.807, 2.05) is 0 Å². The molecule has 1 aliphatic carbocycles. The summed E-state index contributed by atoms with van der Waals surface area (Å²) >= 11 is 1.43. The highest BCUT2D eigenvalue weighted by atomic mass is 32.1. The molecule has 0 saturated heterocycles. The Morgan fingerprint density at radius 3 is 2.71 bits per heavy atom. The van der Waals surface area contributed by atoms with Gasteiger partial charge in [-0.15, -0.1) is 11.3 Å². The van der Waals surface area contributed by atoms with E-state index < -0.39 is 11.9 Å². The summed E-state index contributed by atoms with van der Waals surface area (Å²) in [6, 6.07) is 8.25. The van der Waals surface area contributed by atoms with Crippen LogP contribution in [0.25, 0.3) is 0 Å². The molecule has 1 atom stereocenters. The van der Waals surface area contributed by atoms with Crippen LogP contribution in [0.5, 0.6) is 0 Å². The molecule has 0 radical (unpaired) electrons. The van der Waals surface area contributed by atoms with Gasteiger partial charge in [-0.25, -0.2) is 4.79 Å². The van der Waals surface area contributed by atoms with E-state index in [0.717, 1.165) is 29.7 Å². The van der Waals surface area contributed by atoms with E-state index in [0.29, 0.717) is 16.5 Å². The Morgan fingerprint density at radius 1 is 1.33 bits per heavy atom. The summed E-state index contributed by atoms with van der Waals surface area (Å²) in [5.41, 5.74) is 1.59. The van der Waals surface area contributed by atoms with E-state index in [1.165, 1.54) is 23.5 Å². The Kier molecular flexibility index (Phi) is 4.36. The maximum atomic E-state index is 12.5. The predicted molar refractivity (Wildman–Crippen MR) is 91.6 cm³/mol. The molecule has 24 heavy (non-hydrogen) atoms. The molecule has 0 bridgehead atoms. The quantitative estimate of drug-likeness (QED) is 0.891. The van der Waals surface area contributed by atoms with Crippen LogP contribution in [0.2, 0.25) is 0 Å². The average Bonchev–Trinajstić information content (AvgIpc) is 2.90. The van der Waals surface area contributed by atoms with Gasteiger partial charge in [-0.2, -0.15) is 5.26 Å². The van der Waals surface area contributed by atoms with Crippen LogP contribution in [0.4, 0.5) is 5.00 Å². The van der Waals surface area contributed by atoms with Crippen molar-refractivity contribution in [3.63, 3.8) is 0 Å². The zero-order chi connectivity index (χ0) is 17.3. The standard InChI is InChI=1S/C18H16N2O3S/c1-10-6-7-11-14(9-19)17(24-15(11)8-10)20-16(21)12-4-2-3-5-13(12)18(22)23/h2-5,10H,6-8H2,1H3,(H,20,21)(H,22,23)/t10-/m1/s1. The zero-order valence-electron chi connectivity index (χ0n) is 13.1. The maximum absolute atomic E-state index is 12.5. The lowest BCUT2D eigenvalue weighted by atomic mass is 9.88. The van der Waals surface area contributed by atoms with E-state index in [1.54, 1.807) is 12.1 Å². The first-order chi connectivity index (χ1) is 11.5. The monoisotopic (exact) mass is 340 g/mol. The van der Waals surface area contributed by atoms with E-state index >= 15 is 0 Å². The number of carboxylic acid groups (broad SMARTS) is 1. The fourth-order valence-corrected chi connectivity index (χ4v) is 4.35. The summed E-state index contributed by atoms with van der Waals surface area (Å²) in [5.74, 6) is -1.09. The summed E-state index contributed by atoms with van der Waals surface area (Å²) in [6.45, 7) is 2.18. The number of thiophene rings is 1. The number of nitrogens with one attached hydrogen (secondary N) is 1. The van der Waals surface area contributed by atoms with Gasteiger partial charge < -0.3 is 10.4 Å². The largest absolute Gasteiger partial charge is 0.478 e. The summed E-state index contributed by atoms with van der Waals surface area (Å²) in [7, 11) is 0. The van der Waals surface area contributed by atoms with E-state index in [9.17, 15) is 20.0 Å². The lowest BCUT2D eigenvalue weighted by molar-refractivity contribution is 0.0692. The van der Waals surface area contributed by atoms with E-state index in [2.05, 4.69) is 18.3 Å². The lowest BCUT2D eigenvalue weighted by Crippen LogP contribution is -2.16. The molecular formula is C18H16N2O3S. The van der Waals surface area contributed by atoms with Crippen LogP contribution >= 0.6 is 11.3 Å². The second-order valence-electron chi connectivity index (χ2n) is 5.97. The fourth-order valence-electron chi connectivity index (χ4n) is 3.00. The molecule has 5 nitrogen and oxygen atoms in total. The van der Waals surface area contributed by atoms with Crippen LogP contribution < -0.4 is 5.32 Å². The Morgan fingerprint density at radius 2 is 2.04 bits per heavy atom. The number of hydrogen-bond donors (Lipinski definition) is 2. The van der Waals surface area contributed by atoms with Crippen molar-refractivity contribution in [2.45, 2.75) is 26.2 Å². The van der Waals surface area contributed by atoms with Crippen molar-refractivity contribution in [2.75, 3.05) is 5.32 Å². The van der Waals surface area contributed by atoms with Crippen LogP contribution in [-0.4, -0.2) is 17.0 Å². The number of anilines is 1. The minimum atomic E-state index is -1.15. The van der Waals surface area contributed by atoms with Gasteiger partial charge in [-0.3, -0.25) is 4.79 Å². The van der Waals surface area contributed by atoms with Gasteiger partial charge in [0.25, 0.3) is 5.91 Å². The molecule has 1 amide bonds. The predicted octanol–water partition coefficient (Wildman–Crippen LogP) is 3.70. The molecule has 1 aliphatic rings. The number of fused-ring (bicyclic) bond motifs is 1. The Bertz CT molecular complexity index is 864. The number of carbonyl (C=O) groups excluding carboxylic acids is 1. The van der Waals surface area contributed by atoms with Gasteiger partial charge in [0.1, 0.15) is 11.1 Å². The molecule has 122 valence electrons. The minimum absolute atomic E-state index is 0.0524. The van der Waals surface area contributed by atoms with Crippen LogP contribution in [0, 0.1) is 17.2 Å². The number of amides is 1. The van der Waals surface area contributed by atoms with Crippen LogP contribution in [-0.2, 0) is 12.8 Å². The number of nitrogens with zero attached hydrogens (tertiary/aromatic N) is 1. The van der Waals surface area contributed by atoms with Crippen molar-refractivity contribution in [2.24, 2.45) is 5.92 Å². The van der Waals surface area contributed by atoms with Crippen molar-refractivity contribution in [3.8, 4) is 6.07 Å². The minimum Gasteiger partial charge on any atom is -0.478 e. The Balaban J connectivity index is 1.94. The number of benzene rings is 1. The summed E-state index contributed by atoms with van der Waals surface area (Å²) in [4.78, 5) is 24.9. The van der Waals surface area contributed by atoms with Gasteiger partial charge in [0.05, 0.1) is 16.7 Å². The Labute approximate surface area is 143 Å². The smallest absolute Gasteiger partial charge is 0.336 e. The van der Waals surface area contributed by atoms with Gasteiger partial charge in [0.2, 0.25) is 0 Å². The highest BCUT2D eigenvalue weighted by molar-refractivity contribution is 7.16. The second-order valence-corrected chi connectivity index (χ2v) is 7.08. The molecule has 0 fully saturated rings. The molecule has 0 aliphatic heterocycles. The van der Waals surface area contributed by atoms with Crippen LogP contribution in [0.15, 0.2) is 24.3 Å². The van der Waals surface area contributed by atoms with Crippen LogP contribution in [0.3, 0.4) is 0 Å². The highest BCUT2D eigenvalue weighted by Gasteiger charge is 2.25. The molecule has 2 aromatic rings. The lowest BCUT2D eigenvalue weighted by Gasteiger charge is -2.17. The summed E-state index contributed by atoms with van der Waals surface area (Å²) in [6.07, 6.45) is 2.79. The number of hydrogen-bond acceptors (Lipinski definition) is 4. The van der Waals surface area contributed by atoms with Crippen molar-refractivity contribution in [1.29, 1.82) is 5.26 Å². The Hall–Kier alpha value is -2.65. The summed E-state index contributed by atoms with van der Waals surface area (Å²) in [5, 5.41) is 21.9. The number of aromatic carboxylic acids is 1. The molecule has 1 aromatic carbocycles. The van der Waals surface area contributed by atoms with Gasteiger partial charge >= 0.3 is 5.97 Å². The average molecular weight is 340 g/mol. The molecular weight excluding hydrogens is 324 g/mol. The maximum Gasteiger partial charge on any atom is 0.336 e. The second kappa shape index (κ2) is 6.46. The third kappa shape index (κ3) is 2.91. The van der Waals surface area contributed by atoms with Gasteiger partial charge in [-0.05, 0) is 42.9 Å². The molecule has 0 spiro atoms. The van der Waals surface area contributed by atoms with Crippen molar-refractivity contribution >= 4 is 28.2 Å². The topological polar surface area (TPSA) is 90.2 Å². The van der Waals surface area contributed by atoms with E-state index in [-0.39, 0.29) is 11.1 Å². The third-order valence-electron chi connectivity index (χ3n) is 4.25. The SMILES string of the molecule is C[C@@H]1CCc2c(sc(NC(=O)c3ccccc3C(=O)O)c2C#N)C1. The third-order valence-corrected chi connectivity index (χ3v) is 5.42. The zero-order valence-corrected chi connectivity index (χ0v) is 13.9. The molecule has 1 aromatic heterocycles. The van der Waals surface area contributed by atoms with Crippen molar-refractivity contribution in [3.05, 3.63) is 51.4 Å². The van der Waals surface area contributed by atoms with Gasteiger partial charge in [-0.1, -0.05) is 19.1 Å². The number of nitriles is 1. The number of carbonyl (C=O) groups is 2. The molecule has 0 unspecified atom stereocenters. The number of rotatable bonds is 3. The van der Waals surface area contributed by atoms with Gasteiger partial charge in [0.15, 0.2) is 0 Å². The van der Waals surface area contributed by atoms with Crippen molar-refractivity contribution in [1.82, 2.24) is 0 Å². The first-order valence-corrected chi connectivity index (χ1v) is 8.51. The van der Waals surface area contributed by atoms with Gasteiger partial charge in [0, 0.05) is 4.88 Å². The summed E-state index contributed by atoms with van der Waals surface area (Å²) < 4.78 is 0. The molecule has 0 saturated carbocycles. The molecule has 2 N–H and O–H groups in total. The first-order valence-electron chi connectivity index (χ1n) is 7.69. The molecule has 3 rings (SSSR count). The number of carboxylic acids is 1. The molecule has 6 heteroatoms. The van der Waals surface area contributed by atoms with Crippen LogP contribution in [0.1, 0.15) is 50.1 Å². The normalized spacial score (nSPS) is 16.1. The first kappa shape index (κ1) is 16.2. The highest BCUT2D eigenvalue weighted by Crippen LogP contribution is 2.39. The fraction of sp³-hybridized carbons (Fsp3) is 0.278.